The van der Waals surface area contributed by atoms with E-state index in [-0.39, 0.29) is 12.5 Å². The second-order valence-electron chi connectivity index (χ2n) is 8.20. The van der Waals surface area contributed by atoms with Crippen molar-refractivity contribution >= 4 is 45.4 Å². The van der Waals surface area contributed by atoms with Crippen molar-refractivity contribution in [2.45, 2.75) is 20.8 Å². The van der Waals surface area contributed by atoms with Gasteiger partial charge in [-0.05, 0) is 60.9 Å². The Balaban J connectivity index is 1.87. The minimum Gasteiger partial charge on any atom is -0.345 e. The number of para-hydroxylation sites is 1. The van der Waals surface area contributed by atoms with Gasteiger partial charge in [-0.2, -0.15) is 0 Å². The Kier molecular flexibility index (Phi) is 2.90. The molecule has 4 heteroatoms. The molecule has 3 heterocycles. The maximum absolute atomic E-state index is 14.8. The predicted molar refractivity (Wildman–Crippen MR) is 117 cm³/mol. The van der Waals surface area contributed by atoms with Crippen LogP contribution in [-0.4, -0.2) is 18.3 Å². The molecular weight excluding hydrogens is 346 g/mol. The number of anilines is 2. The molecule has 1 aromatic heterocycles. The van der Waals surface area contributed by atoms with E-state index in [1.807, 2.05) is 7.05 Å². The van der Waals surface area contributed by atoms with E-state index in [2.05, 4.69) is 66.6 Å². The van der Waals surface area contributed by atoms with Crippen LogP contribution < -0.4 is 21.3 Å². The Morgan fingerprint density at radius 3 is 2.46 bits per heavy atom. The van der Waals surface area contributed by atoms with Gasteiger partial charge in [0.05, 0.1) is 0 Å². The van der Waals surface area contributed by atoms with Crippen molar-refractivity contribution in [1.29, 1.82) is 0 Å². The lowest BCUT2D eigenvalue weighted by atomic mass is 9.34. The average molecular weight is 366 g/mol. The largest absolute Gasteiger partial charge is 0.345 e. The summed E-state index contributed by atoms with van der Waals surface area (Å²) in [5, 5.41) is 1.26. The second kappa shape index (κ2) is 5.08. The van der Waals surface area contributed by atoms with E-state index in [0.29, 0.717) is 0 Å². The fourth-order valence-electron chi connectivity index (χ4n) is 5.34. The highest BCUT2D eigenvalue weighted by molar-refractivity contribution is 7.00. The smallest absolute Gasteiger partial charge is 0.252 e. The molecule has 0 radical (unpaired) electrons. The Bertz CT molecular complexity index is 1330. The maximum atomic E-state index is 14.8. The van der Waals surface area contributed by atoms with Crippen molar-refractivity contribution in [3.63, 3.8) is 0 Å². The first-order chi connectivity index (χ1) is 13.5. The molecule has 136 valence electrons. The quantitative estimate of drug-likeness (QED) is 0.380. The molecule has 0 bridgehead atoms. The van der Waals surface area contributed by atoms with Gasteiger partial charge in [0.2, 0.25) is 0 Å². The van der Waals surface area contributed by atoms with Gasteiger partial charge in [-0.25, -0.2) is 4.39 Å². The van der Waals surface area contributed by atoms with Gasteiger partial charge in [0, 0.05) is 40.7 Å². The molecule has 0 amide bonds. The molecule has 0 spiro atoms. The zero-order valence-electron chi connectivity index (χ0n) is 16.5. The summed E-state index contributed by atoms with van der Waals surface area (Å²) in [6.07, 6.45) is 0. The maximum Gasteiger partial charge on any atom is 0.252 e. The van der Waals surface area contributed by atoms with E-state index < -0.39 is 0 Å². The summed E-state index contributed by atoms with van der Waals surface area (Å²) in [6, 6.07) is 16.6. The molecule has 0 saturated carbocycles. The van der Waals surface area contributed by atoms with Crippen LogP contribution in [0.15, 0.2) is 48.5 Å². The number of rotatable bonds is 0. The third-order valence-corrected chi connectivity index (χ3v) is 6.73. The first kappa shape index (κ1) is 16.0. The summed E-state index contributed by atoms with van der Waals surface area (Å²) >= 11 is 0. The fraction of sp³-hybridized carbons (Fsp3) is 0.167. The Morgan fingerprint density at radius 2 is 1.64 bits per heavy atom. The number of halogens is 1. The predicted octanol–water partition coefficient (Wildman–Crippen LogP) is 3.61. The van der Waals surface area contributed by atoms with Gasteiger partial charge >= 0.3 is 0 Å². The molecule has 3 aromatic carbocycles. The van der Waals surface area contributed by atoms with Crippen LogP contribution in [0, 0.1) is 26.6 Å². The van der Waals surface area contributed by atoms with E-state index in [0.717, 1.165) is 17.1 Å². The number of fused-ring (bicyclic) bond motifs is 4. The van der Waals surface area contributed by atoms with Crippen molar-refractivity contribution in [3.8, 4) is 5.69 Å². The van der Waals surface area contributed by atoms with Gasteiger partial charge in [-0.15, -0.1) is 0 Å². The number of aryl methyl sites for hydroxylation is 2. The molecule has 2 aliphatic rings. The van der Waals surface area contributed by atoms with Crippen LogP contribution in [0.25, 0.3) is 16.6 Å². The Morgan fingerprint density at radius 1 is 0.857 bits per heavy atom. The van der Waals surface area contributed by atoms with Crippen LogP contribution in [0.2, 0.25) is 0 Å². The van der Waals surface area contributed by atoms with Crippen LogP contribution in [0.5, 0.6) is 0 Å². The van der Waals surface area contributed by atoms with E-state index in [4.69, 9.17) is 0 Å². The number of hydrogen-bond acceptors (Lipinski definition) is 1. The SMILES string of the molecule is Cc1ccc2c(c1)B1c3c(cc(F)cc3-n3c(C)c(C)c4cccc1c43)N2C. The number of aromatic nitrogens is 1. The third kappa shape index (κ3) is 1.74. The van der Waals surface area contributed by atoms with Crippen LogP contribution in [-0.2, 0) is 0 Å². The lowest BCUT2D eigenvalue weighted by molar-refractivity contribution is 0.627. The molecule has 0 fully saturated rings. The highest BCUT2D eigenvalue weighted by atomic mass is 19.1. The zero-order chi connectivity index (χ0) is 19.3. The van der Waals surface area contributed by atoms with Gasteiger partial charge in [0.15, 0.2) is 0 Å². The molecule has 2 aliphatic heterocycles. The second-order valence-corrected chi connectivity index (χ2v) is 8.20. The van der Waals surface area contributed by atoms with Gasteiger partial charge in [-0.1, -0.05) is 35.9 Å². The summed E-state index contributed by atoms with van der Waals surface area (Å²) in [6.45, 7) is 6.58. The average Bonchev–Trinajstić information content (AvgIpc) is 2.93. The zero-order valence-corrected chi connectivity index (χ0v) is 16.5. The molecule has 0 aliphatic carbocycles. The summed E-state index contributed by atoms with van der Waals surface area (Å²) in [4.78, 5) is 2.14. The highest BCUT2D eigenvalue weighted by Crippen LogP contribution is 2.36. The fourth-order valence-corrected chi connectivity index (χ4v) is 5.34. The molecule has 0 unspecified atom stereocenters. The first-order valence-electron chi connectivity index (χ1n) is 9.76. The van der Waals surface area contributed by atoms with Crippen LogP contribution in [0.3, 0.4) is 0 Å². The van der Waals surface area contributed by atoms with Crippen molar-refractivity contribution in [2.75, 3.05) is 11.9 Å². The summed E-state index contributed by atoms with van der Waals surface area (Å²) in [5.41, 5.74) is 11.9. The van der Waals surface area contributed by atoms with E-state index >= 15 is 0 Å². The number of hydrogen-bond donors (Lipinski definition) is 0. The highest BCUT2D eigenvalue weighted by Gasteiger charge is 2.41. The van der Waals surface area contributed by atoms with Crippen molar-refractivity contribution in [1.82, 2.24) is 4.57 Å². The van der Waals surface area contributed by atoms with Gasteiger partial charge < -0.3 is 9.47 Å². The van der Waals surface area contributed by atoms with Crippen molar-refractivity contribution < 1.29 is 4.39 Å². The first-order valence-corrected chi connectivity index (χ1v) is 9.76. The number of nitrogens with zero attached hydrogens (tertiary/aromatic N) is 2. The van der Waals surface area contributed by atoms with Gasteiger partial charge in [-0.3, -0.25) is 0 Å². The Labute approximate surface area is 164 Å². The van der Waals surface area contributed by atoms with Crippen LogP contribution in [0.4, 0.5) is 15.8 Å². The van der Waals surface area contributed by atoms with E-state index in [1.54, 1.807) is 12.1 Å². The Hall–Kier alpha value is -3.01. The number of benzene rings is 3. The molecule has 28 heavy (non-hydrogen) atoms. The monoisotopic (exact) mass is 366 g/mol. The van der Waals surface area contributed by atoms with Crippen LogP contribution >= 0.6 is 0 Å². The van der Waals surface area contributed by atoms with E-state index in [1.165, 1.54) is 44.1 Å². The molecule has 4 aromatic rings. The minimum absolute atomic E-state index is 0.126. The molecule has 0 N–H and O–H groups in total. The molecule has 0 atom stereocenters. The molecule has 2 nitrogen and oxygen atoms in total. The third-order valence-electron chi connectivity index (χ3n) is 6.73. The minimum atomic E-state index is -0.187. The van der Waals surface area contributed by atoms with Crippen LogP contribution in [0.1, 0.15) is 16.8 Å². The van der Waals surface area contributed by atoms with Crippen molar-refractivity contribution in [3.05, 3.63) is 71.2 Å². The molecule has 0 saturated heterocycles. The lowest BCUT2D eigenvalue weighted by Crippen LogP contribution is -2.60. The van der Waals surface area contributed by atoms with E-state index in [9.17, 15) is 4.39 Å². The van der Waals surface area contributed by atoms with Crippen molar-refractivity contribution in [2.24, 2.45) is 0 Å². The normalized spacial score (nSPS) is 13.8. The van der Waals surface area contributed by atoms with Gasteiger partial charge in [0.25, 0.3) is 6.71 Å². The molecular formula is C24H20BFN2. The van der Waals surface area contributed by atoms with Gasteiger partial charge in [0.1, 0.15) is 5.82 Å². The molecule has 6 rings (SSSR count). The summed E-state index contributed by atoms with van der Waals surface area (Å²) in [7, 11) is 2.04. The standard InChI is InChI=1S/C24H20BFN2/c1-13-8-9-20-19(10-13)25-18-7-5-6-17-14(2)15(3)28(24(17)18)22-12-16(26)11-21(23(22)25)27(20)4/h5-12H,1-4H3. The summed E-state index contributed by atoms with van der Waals surface area (Å²) < 4.78 is 17.0. The topological polar surface area (TPSA) is 8.17 Å². The lowest BCUT2D eigenvalue weighted by Gasteiger charge is -2.38. The summed E-state index contributed by atoms with van der Waals surface area (Å²) in [5.74, 6) is -0.187.